The number of ether oxygens (including phenoxy) is 1. The molecule has 0 heterocycles. The molecule has 0 aliphatic carbocycles. The maximum Gasteiger partial charge on any atom is 0.387 e. The van der Waals surface area contributed by atoms with Gasteiger partial charge in [-0.1, -0.05) is 13.0 Å². The summed E-state index contributed by atoms with van der Waals surface area (Å²) in [7, 11) is 0. The summed E-state index contributed by atoms with van der Waals surface area (Å²) in [5, 5.41) is 6.44. The van der Waals surface area contributed by atoms with Crippen LogP contribution >= 0.6 is 12.2 Å². The Morgan fingerprint density at radius 1 is 1.44 bits per heavy atom. The molecule has 0 radical (unpaired) electrons. The van der Waals surface area contributed by atoms with Crippen LogP contribution in [0.4, 0.5) is 14.5 Å². The van der Waals surface area contributed by atoms with Crippen LogP contribution in [-0.2, 0) is 0 Å². The van der Waals surface area contributed by atoms with Gasteiger partial charge in [0.25, 0.3) is 0 Å². The summed E-state index contributed by atoms with van der Waals surface area (Å²) in [6, 6.07) is 6.53. The van der Waals surface area contributed by atoms with Crippen LogP contribution in [0.5, 0.6) is 5.75 Å². The van der Waals surface area contributed by atoms with E-state index in [4.69, 9.17) is 12.2 Å². The molecule has 0 bridgehead atoms. The quantitative estimate of drug-likeness (QED) is 0.807. The average molecular weight is 274 g/mol. The number of thiocarbonyl (C=S) groups is 1. The third-order valence-electron chi connectivity index (χ3n) is 2.31. The van der Waals surface area contributed by atoms with Crippen LogP contribution in [-0.4, -0.2) is 17.8 Å². The van der Waals surface area contributed by atoms with Gasteiger partial charge < -0.3 is 15.4 Å². The van der Waals surface area contributed by atoms with Crippen LogP contribution in [0.25, 0.3) is 0 Å². The molecule has 1 atom stereocenters. The number of halogens is 2. The lowest BCUT2D eigenvalue weighted by atomic mass is 10.3. The minimum absolute atomic E-state index is 0.0985. The third-order valence-corrected chi connectivity index (χ3v) is 2.53. The Labute approximate surface area is 111 Å². The lowest BCUT2D eigenvalue weighted by Gasteiger charge is -2.15. The Morgan fingerprint density at radius 2 is 2.17 bits per heavy atom. The second-order valence-corrected chi connectivity index (χ2v) is 4.22. The second kappa shape index (κ2) is 7.10. The van der Waals surface area contributed by atoms with Crippen LogP contribution < -0.4 is 15.4 Å². The van der Waals surface area contributed by atoms with E-state index in [0.29, 0.717) is 10.8 Å². The first-order chi connectivity index (χ1) is 8.51. The van der Waals surface area contributed by atoms with E-state index in [1.54, 1.807) is 12.1 Å². The molecule has 1 aromatic carbocycles. The average Bonchev–Trinajstić information content (AvgIpc) is 2.28. The van der Waals surface area contributed by atoms with Crippen molar-refractivity contribution >= 4 is 23.0 Å². The predicted octanol–water partition coefficient (Wildman–Crippen LogP) is 3.37. The van der Waals surface area contributed by atoms with E-state index in [2.05, 4.69) is 15.4 Å². The maximum absolute atomic E-state index is 12.1. The van der Waals surface area contributed by atoms with Gasteiger partial charge in [0.2, 0.25) is 0 Å². The van der Waals surface area contributed by atoms with Crippen molar-refractivity contribution in [2.45, 2.75) is 32.9 Å². The van der Waals surface area contributed by atoms with Crippen molar-refractivity contribution in [2.24, 2.45) is 0 Å². The summed E-state index contributed by atoms with van der Waals surface area (Å²) in [5.41, 5.74) is 0.606. The van der Waals surface area contributed by atoms with Gasteiger partial charge in [-0.05, 0) is 37.7 Å². The molecule has 0 spiro atoms. The van der Waals surface area contributed by atoms with Crippen molar-refractivity contribution < 1.29 is 13.5 Å². The molecule has 0 aliphatic heterocycles. The van der Waals surface area contributed by atoms with Gasteiger partial charge in [0, 0.05) is 17.8 Å². The molecule has 0 amide bonds. The second-order valence-electron chi connectivity index (χ2n) is 3.81. The number of hydrogen-bond donors (Lipinski definition) is 2. The Morgan fingerprint density at radius 3 is 2.78 bits per heavy atom. The topological polar surface area (TPSA) is 33.3 Å². The van der Waals surface area contributed by atoms with Gasteiger partial charge >= 0.3 is 6.61 Å². The zero-order chi connectivity index (χ0) is 13.5. The summed E-state index contributed by atoms with van der Waals surface area (Å²) in [6.07, 6.45) is 0.941. The first-order valence-corrected chi connectivity index (χ1v) is 6.04. The molecule has 0 saturated heterocycles. The fraction of sp³-hybridized carbons (Fsp3) is 0.417. The van der Waals surface area contributed by atoms with Crippen LogP contribution in [0.15, 0.2) is 24.3 Å². The van der Waals surface area contributed by atoms with E-state index in [1.807, 2.05) is 13.8 Å². The fourth-order valence-electron chi connectivity index (χ4n) is 1.24. The van der Waals surface area contributed by atoms with Crippen molar-refractivity contribution in [3.8, 4) is 5.75 Å². The summed E-state index contributed by atoms with van der Waals surface area (Å²) >= 11 is 5.10. The van der Waals surface area contributed by atoms with Gasteiger partial charge in [-0.15, -0.1) is 0 Å². The molecule has 0 fully saturated rings. The van der Waals surface area contributed by atoms with Crippen molar-refractivity contribution in [3.63, 3.8) is 0 Å². The van der Waals surface area contributed by atoms with Crippen LogP contribution in [0.2, 0.25) is 0 Å². The van der Waals surface area contributed by atoms with Crippen LogP contribution in [0.1, 0.15) is 20.3 Å². The lowest BCUT2D eigenvalue weighted by molar-refractivity contribution is -0.0497. The molecule has 3 nitrogen and oxygen atoms in total. The van der Waals surface area contributed by atoms with Gasteiger partial charge in [-0.25, -0.2) is 0 Å². The van der Waals surface area contributed by atoms with Gasteiger partial charge in [0.1, 0.15) is 5.75 Å². The van der Waals surface area contributed by atoms with E-state index >= 15 is 0 Å². The van der Waals surface area contributed by atoms with Gasteiger partial charge in [0.05, 0.1) is 0 Å². The minimum atomic E-state index is -2.83. The van der Waals surface area contributed by atoms with Gasteiger partial charge in [-0.3, -0.25) is 0 Å². The van der Waals surface area contributed by atoms with E-state index < -0.39 is 6.61 Å². The number of rotatable bonds is 5. The third kappa shape index (κ3) is 5.27. The highest BCUT2D eigenvalue weighted by molar-refractivity contribution is 7.80. The first-order valence-electron chi connectivity index (χ1n) is 5.63. The standard InChI is InChI=1S/C12H16F2N2OS/c1-3-8(2)15-12(18)16-9-5-4-6-10(7-9)17-11(13)14/h4-8,11H,3H2,1-2H3,(H2,15,16,18)/t8-/m1/s1. The molecule has 0 aromatic heterocycles. The highest BCUT2D eigenvalue weighted by atomic mass is 32.1. The number of anilines is 1. The summed E-state index contributed by atoms with van der Waals surface area (Å²) in [6.45, 7) is 1.22. The van der Waals surface area contributed by atoms with E-state index in [0.717, 1.165) is 6.42 Å². The molecule has 0 unspecified atom stereocenters. The van der Waals surface area contributed by atoms with Crippen molar-refractivity contribution in [3.05, 3.63) is 24.3 Å². The summed E-state index contributed by atoms with van der Waals surface area (Å²) in [5.74, 6) is 0.0985. The highest BCUT2D eigenvalue weighted by Crippen LogP contribution is 2.19. The molecule has 0 aliphatic rings. The zero-order valence-electron chi connectivity index (χ0n) is 10.2. The van der Waals surface area contributed by atoms with Crippen LogP contribution in [0.3, 0.4) is 0 Å². The molecular formula is C12H16F2N2OS. The molecule has 6 heteroatoms. The van der Waals surface area contributed by atoms with E-state index in [1.165, 1.54) is 12.1 Å². The summed E-state index contributed by atoms with van der Waals surface area (Å²) < 4.78 is 28.4. The fourth-order valence-corrected chi connectivity index (χ4v) is 1.56. The monoisotopic (exact) mass is 274 g/mol. The number of benzene rings is 1. The first kappa shape index (κ1) is 14.6. The summed E-state index contributed by atoms with van der Waals surface area (Å²) in [4.78, 5) is 0. The predicted molar refractivity (Wildman–Crippen MR) is 72.2 cm³/mol. The van der Waals surface area contributed by atoms with Gasteiger partial charge in [0.15, 0.2) is 5.11 Å². The Balaban J connectivity index is 2.59. The Kier molecular flexibility index (Phi) is 5.77. The molecule has 0 saturated carbocycles. The van der Waals surface area contributed by atoms with E-state index in [-0.39, 0.29) is 11.8 Å². The molecule has 100 valence electrons. The van der Waals surface area contributed by atoms with E-state index in [9.17, 15) is 8.78 Å². The largest absolute Gasteiger partial charge is 0.435 e. The van der Waals surface area contributed by atoms with Gasteiger partial charge in [-0.2, -0.15) is 8.78 Å². The number of nitrogens with one attached hydrogen (secondary N) is 2. The molecule has 2 N–H and O–H groups in total. The smallest absolute Gasteiger partial charge is 0.387 e. The molecule has 1 aromatic rings. The van der Waals surface area contributed by atoms with Crippen molar-refractivity contribution in [1.29, 1.82) is 0 Å². The zero-order valence-corrected chi connectivity index (χ0v) is 11.1. The maximum atomic E-state index is 12.1. The normalized spacial score (nSPS) is 12.1. The highest BCUT2D eigenvalue weighted by Gasteiger charge is 2.06. The number of alkyl halides is 2. The Hall–Kier alpha value is -1.43. The molecular weight excluding hydrogens is 258 g/mol. The Bertz CT molecular complexity index is 401. The lowest BCUT2D eigenvalue weighted by Crippen LogP contribution is -2.35. The number of hydrogen-bond acceptors (Lipinski definition) is 2. The molecule has 18 heavy (non-hydrogen) atoms. The molecule has 1 rings (SSSR count). The van der Waals surface area contributed by atoms with Crippen molar-refractivity contribution in [1.82, 2.24) is 5.32 Å². The van der Waals surface area contributed by atoms with Crippen LogP contribution in [0, 0.1) is 0 Å². The van der Waals surface area contributed by atoms with Crippen molar-refractivity contribution in [2.75, 3.05) is 5.32 Å². The minimum Gasteiger partial charge on any atom is -0.435 e. The SMILES string of the molecule is CC[C@@H](C)NC(=S)Nc1cccc(OC(F)F)c1.